The van der Waals surface area contributed by atoms with Gasteiger partial charge in [0.15, 0.2) is 0 Å². The first kappa shape index (κ1) is 16.9. The van der Waals surface area contributed by atoms with Crippen molar-refractivity contribution in [2.24, 2.45) is 22.7 Å². The fourth-order valence-corrected chi connectivity index (χ4v) is 6.60. The molecule has 2 heteroatoms. The van der Waals surface area contributed by atoms with Crippen LogP contribution in [-0.2, 0) is 4.74 Å². The van der Waals surface area contributed by atoms with E-state index in [1.54, 1.807) is 7.11 Å². The number of hydrogen-bond donors (Lipinski definition) is 0. The van der Waals surface area contributed by atoms with Crippen LogP contribution < -0.4 is 0 Å². The lowest BCUT2D eigenvalue weighted by atomic mass is 9.47. The molecule has 0 aliphatic heterocycles. The predicted octanol–water partition coefficient (Wildman–Crippen LogP) is 6.28. The molecular weight excluding hydrogens is 383 g/mol. The van der Waals surface area contributed by atoms with Crippen LogP contribution in [0.3, 0.4) is 0 Å². The molecule has 3 aliphatic rings. The Morgan fingerprint density at radius 1 is 1.23 bits per heavy atom. The molecule has 0 N–H and O–H groups in total. The molecule has 0 radical (unpaired) electrons. The average Bonchev–Trinajstić information content (AvgIpc) is 2.43. The second kappa shape index (κ2) is 5.82. The molecule has 3 aliphatic carbocycles. The van der Waals surface area contributed by atoms with Crippen LogP contribution >= 0.6 is 22.6 Å². The van der Waals surface area contributed by atoms with Crippen LogP contribution in [0.5, 0.6) is 0 Å². The highest BCUT2D eigenvalue weighted by Crippen LogP contribution is 2.63. The summed E-state index contributed by atoms with van der Waals surface area (Å²) in [5.74, 6) is 1.62. The fourth-order valence-electron chi connectivity index (χ4n) is 5.85. The van der Waals surface area contributed by atoms with Gasteiger partial charge in [-0.25, -0.2) is 0 Å². The molecular formula is C20H31IO. The number of ether oxygens (including phenoxy) is 1. The minimum atomic E-state index is 0.305. The molecule has 3 rings (SSSR count). The molecule has 0 saturated heterocycles. The summed E-state index contributed by atoms with van der Waals surface area (Å²) in [7, 11) is 1.77. The van der Waals surface area contributed by atoms with Gasteiger partial charge in [-0.2, -0.15) is 0 Å². The molecule has 0 aromatic rings. The van der Waals surface area contributed by atoms with E-state index in [-0.39, 0.29) is 0 Å². The first-order valence-electron chi connectivity index (χ1n) is 8.91. The van der Waals surface area contributed by atoms with E-state index in [0.29, 0.717) is 14.3 Å². The molecule has 124 valence electrons. The van der Waals surface area contributed by atoms with E-state index < -0.39 is 0 Å². The summed E-state index contributed by atoms with van der Waals surface area (Å²) in [6, 6.07) is 0. The lowest BCUT2D eigenvalue weighted by molar-refractivity contribution is 0.00415. The summed E-state index contributed by atoms with van der Waals surface area (Å²) >= 11 is 2.69. The number of methoxy groups -OCH3 is 1. The average molecular weight is 414 g/mol. The second-order valence-corrected chi connectivity index (χ2v) is 11.2. The molecule has 0 aromatic heterocycles. The van der Waals surface area contributed by atoms with Gasteiger partial charge < -0.3 is 4.74 Å². The number of halogens is 1. The monoisotopic (exact) mass is 414 g/mol. The van der Waals surface area contributed by atoms with Crippen molar-refractivity contribution < 1.29 is 4.74 Å². The molecule has 0 amide bonds. The minimum Gasteiger partial charge on any atom is -0.505 e. The quantitative estimate of drug-likeness (QED) is 0.224. The van der Waals surface area contributed by atoms with Crippen LogP contribution in [0.25, 0.3) is 0 Å². The predicted molar refractivity (Wildman–Crippen MR) is 102 cm³/mol. The molecule has 1 nitrogen and oxygen atoms in total. The van der Waals surface area contributed by atoms with Gasteiger partial charge in [0.25, 0.3) is 0 Å². The van der Waals surface area contributed by atoms with Gasteiger partial charge in [0, 0.05) is 3.42 Å². The number of rotatable bonds is 2. The van der Waals surface area contributed by atoms with Gasteiger partial charge in [0.2, 0.25) is 0 Å². The maximum atomic E-state index is 5.26. The Labute approximate surface area is 150 Å². The van der Waals surface area contributed by atoms with Crippen molar-refractivity contribution >= 4 is 22.6 Å². The molecule has 2 unspecified atom stereocenters. The molecule has 2 fully saturated rings. The zero-order valence-electron chi connectivity index (χ0n) is 14.6. The molecule has 22 heavy (non-hydrogen) atoms. The lowest BCUT2D eigenvalue weighted by Crippen LogP contribution is -2.49. The lowest BCUT2D eigenvalue weighted by Gasteiger charge is -2.58. The minimum absolute atomic E-state index is 0.305. The Hall–Kier alpha value is 0.01000. The van der Waals surface area contributed by atoms with E-state index >= 15 is 0 Å². The van der Waals surface area contributed by atoms with E-state index in [1.165, 1.54) is 44.9 Å². The zero-order chi connectivity index (χ0) is 16.0. The summed E-state index contributed by atoms with van der Waals surface area (Å²) in [6.45, 7) is 7.47. The molecule has 5 atom stereocenters. The Kier molecular flexibility index (Phi) is 4.46. The van der Waals surface area contributed by atoms with Crippen molar-refractivity contribution in [1.82, 2.24) is 0 Å². The van der Waals surface area contributed by atoms with Gasteiger partial charge in [-0.1, -0.05) is 61.4 Å². The van der Waals surface area contributed by atoms with Crippen molar-refractivity contribution in [2.75, 3.05) is 7.11 Å². The second-order valence-electron chi connectivity index (χ2n) is 8.62. The van der Waals surface area contributed by atoms with Gasteiger partial charge >= 0.3 is 0 Å². The van der Waals surface area contributed by atoms with Gasteiger partial charge in [-0.3, -0.25) is 0 Å². The van der Waals surface area contributed by atoms with Gasteiger partial charge in [-0.15, -0.1) is 0 Å². The van der Waals surface area contributed by atoms with E-state index in [2.05, 4.69) is 55.5 Å². The van der Waals surface area contributed by atoms with E-state index in [9.17, 15) is 0 Å². The van der Waals surface area contributed by atoms with Crippen molar-refractivity contribution in [2.45, 2.75) is 69.1 Å². The number of fused-ring (bicyclic) bond motifs is 3. The Bertz CT molecular complexity index is 492. The Morgan fingerprint density at radius 2 is 2.00 bits per heavy atom. The fraction of sp³-hybridized carbons (Fsp3) is 0.800. The third-order valence-corrected chi connectivity index (χ3v) is 7.77. The Morgan fingerprint density at radius 3 is 2.73 bits per heavy atom. The number of hydrogen-bond acceptors (Lipinski definition) is 1. The van der Waals surface area contributed by atoms with Crippen molar-refractivity contribution in [3.63, 3.8) is 0 Å². The number of allylic oxidation sites excluding steroid dienone is 3. The van der Waals surface area contributed by atoms with Crippen molar-refractivity contribution in [3.8, 4) is 0 Å². The number of alkyl halides is 1. The normalized spacial score (nSPS) is 48.5. The van der Waals surface area contributed by atoms with Crippen LogP contribution in [-0.4, -0.2) is 10.5 Å². The van der Waals surface area contributed by atoms with Crippen LogP contribution in [0.15, 0.2) is 24.0 Å². The smallest absolute Gasteiger partial charge is 0.0790 e. The highest BCUT2D eigenvalue weighted by molar-refractivity contribution is 14.1. The zero-order valence-corrected chi connectivity index (χ0v) is 16.8. The summed E-state index contributed by atoms with van der Waals surface area (Å²) in [5, 5.41) is 0. The molecule has 2 saturated carbocycles. The van der Waals surface area contributed by atoms with E-state index in [1.807, 2.05) is 11.8 Å². The van der Waals surface area contributed by atoms with Crippen molar-refractivity contribution in [3.05, 3.63) is 24.0 Å². The highest BCUT2D eigenvalue weighted by Gasteiger charge is 2.54. The maximum absolute atomic E-state index is 5.26. The van der Waals surface area contributed by atoms with Crippen LogP contribution in [0.4, 0.5) is 0 Å². The highest BCUT2D eigenvalue weighted by atomic mass is 127. The van der Waals surface area contributed by atoms with Gasteiger partial charge in [-0.05, 0) is 67.3 Å². The van der Waals surface area contributed by atoms with Crippen LogP contribution in [0, 0.1) is 22.7 Å². The van der Waals surface area contributed by atoms with Crippen molar-refractivity contribution in [1.29, 1.82) is 0 Å². The third kappa shape index (κ3) is 2.78. The van der Waals surface area contributed by atoms with E-state index in [0.717, 1.165) is 11.8 Å². The first-order chi connectivity index (χ1) is 10.3. The summed E-state index contributed by atoms with van der Waals surface area (Å²) in [5.41, 5.74) is 2.54. The van der Waals surface area contributed by atoms with Crippen LogP contribution in [0.2, 0.25) is 0 Å². The topological polar surface area (TPSA) is 9.23 Å². The molecule has 0 spiro atoms. The molecule has 0 aromatic carbocycles. The largest absolute Gasteiger partial charge is 0.505 e. The maximum Gasteiger partial charge on any atom is 0.0790 e. The summed E-state index contributed by atoms with van der Waals surface area (Å²) in [6.07, 6.45) is 16.4. The standard InChI is InChI=1S/C20H31IO/c1-18(12-13-22-4)9-5-10-20(3)16-8-11-19(2,21)14-15(16)6-7-17(18)20/h8,12-13,15,17H,5-7,9-11,14H2,1-4H3/b13-12+/t15?,17?,18-,19-,20-/m0/s1. The van der Waals surface area contributed by atoms with E-state index in [4.69, 9.17) is 4.74 Å². The third-order valence-electron chi connectivity index (χ3n) is 6.88. The SMILES string of the molecule is CO/C=C/[C@]1(C)CCC[C@@]2(C)C3=CC[C@](C)(I)CC3CCC21. The van der Waals surface area contributed by atoms with Gasteiger partial charge in [0.05, 0.1) is 13.4 Å². The summed E-state index contributed by atoms with van der Waals surface area (Å²) in [4.78, 5) is 0. The Balaban J connectivity index is 1.95. The summed E-state index contributed by atoms with van der Waals surface area (Å²) < 4.78 is 5.74. The van der Waals surface area contributed by atoms with Crippen LogP contribution in [0.1, 0.15) is 65.7 Å². The van der Waals surface area contributed by atoms with Gasteiger partial charge in [0.1, 0.15) is 0 Å². The molecule has 0 heterocycles. The molecule has 0 bridgehead atoms. The first-order valence-corrected chi connectivity index (χ1v) is 9.99.